The summed E-state index contributed by atoms with van der Waals surface area (Å²) in [7, 11) is 1.61. The molecule has 4 aromatic rings. The SMILES string of the molecule is CNC(=O)[C@@H]1Cc2ccccc2CN1C(=O)c1cc(-c2cccs2)nn1-c1ccccc1. The maximum atomic E-state index is 13.9. The quantitative estimate of drug-likeness (QED) is 0.521. The highest BCUT2D eigenvalue weighted by molar-refractivity contribution is 7.13. The Bertz CT molecular complexity index is 1260. The number of para-hydroxylation sites is 1. The number of fused-ring (bicyclic) bond motifs is 1. The molecule has 1 N–H and O–H groups in total. The number of nitrogens with one attached hydrogen (secondary N) is 1. The molecule has 1 atom stereocenters. The van der Waals surface area contributed by atoms with Crippen LogP contribution in [0.15, 0.2) is 78.2 Å². The third-order valence-corrected chi connectivity index (χ3v) is 6.65. The Morgan fingerprint density at radius 1 is 1.00 bits per heavy atom. The molecule has 7 heteroatoms. The number of carbonyl (C=O) groups is 2. The monoisotopic (exact) mass is 442 g/mol. The van der Waals surface area contributed by atoms with E-state index in [1.807, 2.05) is 78.2 Å². The fraction of sp³-hybridized carbons (Fsp3) is 0.160. The van der Waals surface area contributed by atoms with E-state index in [1.165, 1.54) is 0 Å². The number of likely N-dealkylation sites (N-methyl/N-ethyl adjacent to an activating group) is 1. The third-order valence-electron chi connectivity index (χ3n) is 5.76. The predicted molar refractivity (Wildman–Crippen MR) is 125 cm³/mol. The van der Waals surface area contributed by atoms with E-state index in [1.54, 1.807) is 28.0 Å². The molecule has 0 aliphatic carbocycles. The van der Waals surface area contributed by atoms with Crippen LogP contribution in [-0.4, -0.2) is 39.6 Å². The van der Waals surface area contributed by atoms with Crippen LogP contribution in [0.4, 0.5) is 0 Å². The van der Waals surface area contributed by atoms with Gasteiger partial charge >= 0.3 is 0 Å². The second-order valence-corrected chi connectivity index (χ2v) is 8.62. The largest absolute Gasteiger partial charge is 0.357 e. The molecule has 6 nitrogen and oxygen atoms in total. The molecule has 5 rings (SSSR count). The summed E-state index contributed by atoms with van der Waals surface area (Å²) in [6, 6.07) is 22.8. The average molecular weight is 443 g/mol. The topological polar surface area (TPSA) is 67.2 Å². The molecule has 1 aliphatic heterocycles. The minimum Gasteiger partial charge on any atom is -0.357 e. The Hall–Kier alpha value is -3.71. The van der Waals surface area contributed by atoms with Crippen molar-refractivity contribution in [2.75, 3.05) is 7.05 Å². The van der Waals surface area contributed by atoms with E-state index in [9.17, 15) is 9.59 Å². The van der Waals surface area contributed by atoms with Crippen LogP contribution in [0.5, 0.6) is 0 Å². The predicted octanol–water partition coefficient (Wildman–Crippen LogP) is 3.91. The molecular formula is C25H22N4O2S. The van der Waals surface area contributed by atoms with Crippen LogP contribution in [-0.2, 0) is 17.8 Å². The molecule has 160 valence electrons. The van der Waals surface area contributed by atoms with Gasteiger partial charge in [-0.05, 0) is 40.8 Å². The number of carbonyl (C=O) groups excluding carboxylic acids is 2. The molecule has 2 aromatic carbocycles. The Kier molecular flexibility index (Phi) is 5.33. The van der Waals surface area contributed by atoms with Gasteiger partial charge in [0.25, 0.3) is 5.91 Å². The van der Waals surface area contributed by atoms with Crippen LogP contribution in [0.3, 0.4) is 0 Å². The number of aromatic nitrogens is 2. The number of rotatable bonds is 4. The summed E-state index contributed by atoms with van der Waals surface area (Å²) in [6.45, 7) is 0.376. The first kappa shape index (κ1) is 20.2. The maximum absolute atomic E-state index is 13.9. The molecule has 1 aliphatic rings. The highest BCUT2D eigenvalue weighted by Crippen LogP contribution is 2.29. The molecule has 0 spiro atoms. The second kappa shape index (κ2) is 8.43. The van der Waals surface area contributed by atoms with Crippen LogP contribution >= 0.6 is 11.3 Å². The zero-order chi connectivity index (χ0) is 22.1. The standard InChI is InChI=1S/C25H22N4O2S/c1-26-24(30)21-14-17-8-5-6-9-18(17)16-28(21)25(31)22-15-20(23-12-7-13-32-23)27-29(22)19-10-3-2-4-11-19/h2-13,15,21H,14,16H2,1H3,(H,26,30)/t21-/m0/s1. The van der Waals surface area contributed by atoms with Gasteiger partial charge < -0.3 is 10.2 Å². The smallest absolute Gasteiger partial charge is 0.273 e. The Labute approximate surface area is 190 Å². The molecule has 3 heterocycles. The number of hydrogen-bond donors (Lipinski definition) is 1. The van der Waals surface area contributed by atoms with E-state index in [0.717, 1.165) is 27.4 Å². The van der Waals surface area contributed by atoms with Gasteiger partial charge in [-0.25, -0.2) is 4.68 Å². The van der Waals surface area contributed by atoms with Gasteiger partial charge in [-0.1, -0.05) is 48.5 Å². The van der Waals surface area contributed by atoms with Crippen molar-refractivity contribution >= 4 is 23.2 Å². The molecular weight excluding hydrogens is 420 g/mol. The van der Waals surface area contributed by atoms with E-state index in [4.69, 9.17) is 5.10 Å². The van der Waals surface area contributed by atoms with Gasteiger partial charge in [-0.3, -0.25) is 9.59 Å². The molecule has 0 radical (unpaired) electrons. The summed E-state index contributed by atoms with van der Waals surface area (Å²) in [5, 5.41) is 9.46. The molecule has 32 heavy (non-hydrogen) atoms. The molecule has 0 unspecified atom stereocenters. The Morgan fingerprint density at radius 3 is 2.47 bits per heavy atom. The van der Waals surface area contributed by atoms with Gasteiger partial charge in [0, 0.05) is 20.0 Å². The van der Waals surface area contributed by atoms with Crippen molar-refractivity contribution in [3.05, 3.63) is 95.0 Å². The third kappa shape index (κ3) is 3.61. The molecule has 0 saturated carbocycles. The summed E-state index contributed by atoms with van der Waals surface area (Å²) in [6.07, 6.45) is 0.485. The zero-order valence-electron chi connectivity index (χ0n) is 17.6. The van der Waals surface area contributed by atoms with E-state index in [0.29, 0.717) is 18.7 Å². The fourth-order valence-electron chi connectivity index (χ4n) is 4.13. The number of benzene rings is 2. The van der Waals surface area contributed by atoms with Crippen LogP contribution in [0.2, 0.25) is 0 Å². The van der Waals surface area contributed by atoms with Gasteiger partial charge in [0.15, 0.2) is 0 Å². The molecule has 0 fully saturated rings. The van der Waals surface area contributed by atoms with Crippen molar-refractivity contribution in [1.82, 2.24) is 20.0 Å². The Morgan fingerprint density at radius 2 is 1.75 bits per heavy atom. The highest BCUT2D eigenvalue weighted by atomic mass is 32.1. The number of thiophene rings is 1. The van der Waals surface area contributed by atoms with Crippen molar-refractivity contribution in [1.29, 1.82) is 0 Å². The molecule has 0 bridgehead atoms. The van der Waals surface area contributed by atoms with Crippen LogP contribution in [0.1, 0.15) is 21.6 Å². The van der Waals surface area contributed by atoms with E-state index >= 15 is 0 Å². The number of amides is 2. The Balaban J connectivity index is 1.60. The van der Waals surface area contributed by atoms with Gasteiger partial charge in [-0.15, -0.1) is 11.3 Å². The number of hydrogen-bond acceptors (Lipinski definition) is 4. The van der Waals surface area contributed by atoms with Crippen molar-refractivity contribution in [2.45, 2.75) is 19.0 Å². The minimum atomic E-state index is -0.577. The van der Waals surface area contributed by atoms with Crippen LogP contribution < -0.4 is 5.32 Å². The summed E-state index contributed by atoms with van der Waals surface area (Å²) in [5.74, 6) is -0.385. The fourth-order valence-corrected chi connectivity index (χ4v) is 4.81. The summed E-state index contributed by atoms with van der Waals surface area (Å²) < 4.78 is 1.68. The maximum Gasteiger partial charge on any atom is 0.273 e. The summed E-state index contributed by atoms with van der Waals surface area (Å²) >= 11 is 1.58. The lowest BCUT2D eigenvalue weighted by atomic mass is 9.93. The van der Waals surface area contributed by atoms with Crippen molar-refractivity contribution in [3.8, 4) is 16.3 Å². The normalized spacial score (nSPS) is 15.3. The van der Waals surface area contributed by atoms with E-state index < -0.39 is 6.04 Å². The van der Waals surface area contributed by atoms with Gasteiger partial charge in [0.2, 0.25) is 5.91 Å². The van der Waals surface area contributed by atoms with Gasteiger partial charge in [0.05, 0.1) is 10.6 Å². The van der Waals surface area contributed by atoms with Gasteiger partial charge in [-0.2, -0.15) is 5.10 Å². The lowest BCUT2D eigenvalue weighted by Gasteiger charge is -2.35. The second-order valence-electron chi connectivity index (χ2n) is 7.68. The minimum absolute atomic E-state index is 0.169. The zero-order valence-corrected chi connectivity index (χ0v) is 18.4. The first-order valence-electron chi connectivity index (χ1n) is 10.4. The number of nitrogens with zero attached hydrogens (tertiary/aromatic N) is 3. The summed E-state index contributed by atoms with van der Waals surface area (Å²) in [5.41, 5.74) is 4.13. The lowest BCUT2D eigenvalue weighted by Crippen LogP contribution is -2.52. The molecule has 2 aromatic heterocycles. The van der Waals surface area contributed by atoms with Crippen LogP contribution in [0.25, 0.3) is 16.3 Å². The van der Waals surface area contributed by atoms with Crippen molar-refractivity contribution < 1.29 is 9.59 Å². The molecule has 0 saturated heterocycles. The van der Waals surface area contributed by atoms with E-state index in [-0.39, 0.29) is 11.8 Å². The molecule has 2 amide bonds. The van der Waals surface area contributed by atoms with Crippen molar-refractivity contribution in [2.24, 2.45) is 0 Å². The average Bonchev–Trinajstić information content (AvgIpc) is 3.53. The first-order valence-corrected chi connectivity index (χ1v) is 11.3. The highest BCUT2D eigenvalue weighted by Gasteiger charge is 2.36. The lowest BCUT2D eigenvalue weighted by molar-refractivity contribution is -0.125. The summed E-state index contributed by atoms with van der Waals surface area (Å²) in [4.78, 5) is 29.3. The van der Waals surface area contributed by atoms with Gasteiger partial charge in [0.1, 0.15) is 17.4 Å². The first-order chi connectivity index (χ1) is 15.7. The van der Waals surface area contributed by atoms with Crippen LogP contribution in [0, 0.1) is 0 Å². The van der Waals surface area contributed by atoms with E-state index in [2.05, 4.69) is 5.32 Å². The van der Waals surface area contributed by atoms with Crippen molar-refractivity contribution in [3.63, 3.8) is 0 Å².